The molecule has 0 saturated heterocycles. The maximum absolute atomic E-state index is 10.0. The quantitative estimate of drug-likeness (QED) is 0.192. The Bertz CT molecular complexity index is 2630. The SMILES string of the molecule is N#CC1=CCC(c2ccccc2-n2c3ccccc3c3c(C#N)cccc32)C(c2ccc(N3c4ccccc4C4C=C(C#N)C=CC43)cc2)=C1. The number of benzene rings is 5. The number of hydrogen-bond donors (Lipinski definition) is 0. The zero-order chi connectivity index (χ0) is 33.8. The second-order valence-corrected chi connectivity index (χ2v) is 13.0. The Labute approximate surface area is 290 Å². The summed E-state index contributed by atoms with van der Waals surface area (Å²) in [5.74, 6) is 0.109. The molecule has 0 amide bonds. The maximum atomic E-state index is 10.0. The van der Waals surface area contributed by atoms with Crippen molar-refractivity contribution in [2.75, 3.05) is 4.90 Å². The van der Waals surface area contributed by atoms with Crippen molar-refractivity contribution >= 4 is 38.8 Å². The molecule has 1 aliphatic heterocycles. The zero-order valence-corrected chi connectivity index (χ0v) is 27.0. The molecule has 5 aromatic carbocycles. The number of anilines is 2. The van der Waals surface area contributed by atoms with Gasteiger partial charge in [-0.3, -0.25) is 0 Å². The van der Waals surface area contributed by atoms with Crippen LogP contribution < -0.4 is 4.90 Å². The van der Waals surface area contributed by atoms with E-state index >= 15 is 0 Å². The number of nitriles is 3. The Morgan fingerprint density at radius 2 is 1.36 bits per heavy atom. The predicted octanol–water partition coefficient (Wildman–Crippen LogP) is 10.3. The Hall–Kier alpha value is -6.87. The summed E-state index contributed by atoms with van der Waals surface area (Å²) in [6.07, 6.45) is 10.9. The first kappa shape index (κ1) is 29.3. The molecule has 0 spiro atoms. The maximum Gasteiger partial charge on any atom is 0.0998 e. The van der Waals surface area contributed by atoms with Crippen LogP contribution in [-0.2, 0) is 0 Å². The molecule has 0 N–H and O–H groups in total. The van der Waals surface area contributed by atoms with Gasteiger partial charge in [-0.15, -0.1) is 0 Å². The molecular weight excluding hydrogens is 611 g/mol. The summed E-state index contributed by atoms with van der Waals surface area (Å²) in [6, 6.07) is 47.1. The average Bonchev–Trinajstić information content (AvgIpc) is 3.70. The van der Waals surface area contributed by atoms with Crippen molar-refractivity contribution in [1.29, 1.82) is 15.8 Å². The highest BCUT2D eigenvalue weighted by Crippen LogP contribution is 2.49. The van der Waals surface area contributed by atoms with Crippen molar-refractivity contribution in [2.24, 2.45) is 0 Å². The molecule has 0 bridgehead atoms. The first-order valence-corrected chi connectivity index (χ1v) is 16.8. The monoisotopic (exact) mass is 639 g/mol. The predicted molar refractivity (Wildman–Crippen MR) is 199 cm³/mol. The summed E-state index contributed by atoms with van der Waals surface area (Å²) in [5.41, 5.74) is 11.9. The second kappa shape index (κ2) is 11.7. The summed E-state index contributed by atoms with van der Waals surface area (Å²) in [5, 5.41) is 31.6. The number of aromatic nitrogens is 1. The van der Waals surface area contributed by atoms with Crippen LogP contribution in [0, 0.1) is 34.0 Å². The molecule has 2 heterocycles. The smallest absolute Gasteiger partial charge is 0.0998 e. The van der Waals surface area contributed by atoms with E-state index in [2.05, 4.69) is 131 Å². The van der Waals surface area contributed by atoms with E-state index in [9.17, 15) is 15.8 Å². The molecule has 1 aromatic heterocycles. The van der Waals surface area contributed by atoms with Crippen molar-refractivity contribution in [1.82, 2.24) is 4.57 Å². The number of allylic oxidation sites excluding steroid dienone is 6. The molecule has 5 heteroatoms. The molecule has 0 saturated carbocycles. The van der Waals surface area contributed by atoms with Crippen molar-refractivity contribution < 1.29 is 0 Å². The Morgan fingerprint density at radius 1 is 0.640 bits per heavy atom. The molecule has 234 valence electrons. The third-order valence-electron chi connectivity index (χ3n) is 10.4. The summed E-state index contributed by atoms with van der Waals surface area (Å²) in [4.78, 5) is 2.37. The van der Waals surface area contributed by atoms with Crippen molar-refractivity contribution in [3.05, 3.63) is 179 Å². The van der Waals surface area contributed by atoms with Gasteiger partial charge in [-0.05, 0) is 83.3 Å². The average molecular weight is 640 g/mol. The molecule has 3 aliphatic rings. The van der Waals surface area contributed by atoms with Crippen LogP contribution in [0.1, 0.15) is 40.5 Å². The lowest BCUT2D eigenvalue weighted by Gasteiger charge is -2.30. The van der Waals surface area contributed by atoms with Gasteiger partial charge in [0.05, 0.1) is 40.8 Å². The van der Waals surface area contributed by atoms with E-state index in [0.29, 0.717) is 23.1 Å². The minimum Gasteiger partial charge on any atom is -0.333 e. The molecule has 5 nitrogen and oxygen atoms in total. The van der Waals surface area contributed by atoms with Crippen molar-refractivity contribution in [2.45, 2.75) is 24.3 Å². The van der Waals surface area contributed by atoms with Crippen molar-refractivity contribution in [3.8, 4) is 23.9 Å². The van der Waals surface area contributed by atoms with Gasteiger partial charge in [0.15, 0.2) is 0 Å². The van der Waals surface area contributed by atoms with Gasteiger partial charge in [-0.2, -0.15) is 15.8 Å². The van der Waals surface area contributed by atoms with E-state index < -0.39 is 0 Å². The summed E-state index contributed by atoms with van der Waals surface area (Å²) < 4.78 is 2.29. The van der Waals surface area contributed by atoms with Gasteiger partial charge in [0.25, 0.3) is 0 Å². The number of para-hydroxylation sites is 3. The van der Waals surface area contributed by atoms with Crippen LogP contribution in [0.3, 0.4) is 0 Å². The van der Waals surface area contributed by atoms with Crippen LogP contribution in [0.2, 0.25) is 0 Å². The molecule has 2 aliphatic carbocycles. The van der Waals surface area contributed by atoms with Gasteiger partial charge in [-0.1, -0.05) is 91.0 Å². The third-order valence-corrected chi connectivity index (χ3v) is 10.4. The standard InChI is InChI=1S/C45H29N5/c46-26-29-16-22-34(35-9-1-5-13-41(35)50-42-14-6-3-11-37(42)45-32(28-48)8-7-15-44(45)50)38(24-29)31-18-20-33(21-19-31)49-40-12-4-2-10-36(40)39-25-30(27-47)17-23-43(39)49/h1-21,23-25,34,39,43H,22H2. The highest BCUT2D eigenvalue weighted by molar-refractivity contribution is 6.12. The fraction of sp³-hybridized carbons (Fsp3) is 0.0889. The Balaban J connectivity index is 1.15. The molecule has 3 atom stereocenters. The van der Waals surface area contributed by atoms with Gasteiger partial charge in [-0.25, -0.2) is 0 Å². The van der Waals surface area contributed by atoms with Crippen LogP contribution in [-0.4, -0.2) is 10.6 Å². The van der Waals surface area contributed by atoms with Crippen LogP contribution in [0.5, 0.6) is 0 Å². The highest BCUT2D eigenvalue weighted by atomic mass is 15.2. The zero-order valence-electron chi connectivity index (χ0n) is 27.0. The lowest BCUT2D eigenvalue weighted by molar-refractivity contribution is 0.741. The highest BCUT2D eigenvalue weighted by Gasteiger charge is 2.38. The Morgan fingerprint density at radius 3 is 2.16 bits per heavy atom. The molecular formula is C45H29N5. The molecule has 6 aromatic rings. The molecule has 9 rings (SSSR count). The minimum absolute atomic E-state index is 0.00257. The van der Waals surface area contributed by atoms with Gasteiger partial charge in [0, 0.05) is 50.8 Å². The Kier molecular flexibility index (Phi) is 6.84. The van der Waals surface area contributed by atoms with E-state index in [-0.39, 0.29) is 17.9 Å². The molecule has 50 heavy (non-hydrogen) atoms. The van der Waals surface area contributed by atoms with Gasteiger partial charge in [0.2, 0.25) is 0 Å². The van der Waals surface area contributed by atoms with Crippen LogP contribution >= 0.6 is 0 Å². The minimum atomic E-state index is -0.00257. The normalized spacial score (nSPS) is 19.1. The van der Waals surface area contributed by atoms with Crippen LogP contribution in [0.4, 0.5) is 11.4 Å². The summed E-state index contributed by atoms with van der Waals surface area (Å²) in [7, 11) is 0. The number of nitrogens with zero attached hydrogens (tertiary/aromatic N) is 5. The number of hydrogen-bond acceptors (Lipinski definition) is 4. The summed E-state index contributed by atoms with van der Waals surface area (Å²) in [6.45, 7) is 0. The van der Waals surface area contributed by atoms with E-state index in [4.69, 9.17) is 0 Å². The fourth-order valence-electron chi connectivity index (χ4n) is 8.25. The van der Waals surface area contributed by atoms with Crippen molar-refractivity contribution in [3.63, 3.8) is 0 Å². The third kappa shape index (κ3) is 4.44. The molecule has 0 fully saturated rings. The number of fused-ring (bicyclic) bond motifs is 6. The van der Waals surface area contributed by atoms with Gasteiger partial charge in [0.1, 0.15) is 0 Å². The fourth-order valence-corrected chi connectivity index (χ4v) is 8.25. The van der Waals surface area contributed by atoms with Gasteiger partial charge >= 0.3 is 0 Å². The summed E-state index contributed by atoms with van der Waals surface area (Å²) >= 11 is 0. The second-order valence-electron chi connectivity index (χ2n) is 13.0. The topological polar surface area (TPSA) is 79.5 Å². The molecule has 0 radical (unpaired) electrons. The largest absolute Gasteiger partial charge is 0.333 e. The first-order valence-electron chi connectivity index (χ1n) is 16.8. The first-order chi connectivity index (χ1) is 24.7. The molecule has 3 unspecified atom stereocenters. The lowest BCUT2D eigenvalue weighted by Crippen LogP contribution is -2.29. The van der Waals surface area contributed by atoms with E-state index in [1.807, 2.05) is 42.5 Å². The lowest BCUT2D eigenvalue weighted by atomic mass is 9.79. The van der Waals surface area contributed by atoms with E-state index in [1.165, 1.54) is 5.56 Å². The number of rotatable bonds is 4. The van der Waals surface area contributed by atoms with Crippen LogP contribution in [0.25, 0.3) is 33.1 Å². The van der Waals surface area contributed by atoms with Crippen LogP contribution in [0.15, 0.2) is 157 Å². The van der Waals surface area contributed by atoms with E-state index in [1.54, 1.807) is 0 Å². The van der Waals surface area contributed by atoms with Gasteiger partial charge < -0.3 is 9.47 Å². The van der Waals surface area contributed by atoms with E-state index in [0.717, 1.165) is 55.6 Å².